The lowest BCUT2D eigenvalue weighted by molar-refractivity contribution is -0.137. The number of anilines is 1. The number of nitriles is 1. The summed E-state index contributed by atoms with van der Waals surface area (Å²) in [7, 11) is 0. The third kappa shape index (κ3) is 3.31. The van der Waals surface area contributed by atoms with Crippen LogP contribution in [0.2, 0.25) is 10.0 Å². The number of benzene rings is 2. The molecule has 0 N–H and O–H groups in total. The smallest absolute Gasteiger partial charge is 0.332 e. The number of carbonyl (C=O) groups is 3. The number of piperazine rings is 1. The number of nitrogens with zero attached hydrogens (tertiary/aromatic N) is 4. The van der Waals surface area contributed by atoms with Crippen LogP contribution in [-0.2, 0) is 9.59 Å². The number of hydrogen-bond acceptors (Lipinski definition) is 5. The number of likely N-dealkylation sites (tertiary alicyclic amines) is 1. The number of hydrogen-bond donors (Lipinski definition) is 0. The zero-order chi connectivity index (χ0) is 23.4. The third-order valence-electron chi connectivity index (χ3n) is 6.48. The fraction of sp³-hybridized carbons (Fsp3) is 0.304. The number of amides is 4. The summed E-state index contributed by atoms with van der Waals surface area (Å²) < 4.78 is 5.58. The molecular weight excluding hydrogens is 467 g/mol. The van der Waals surface area contributed by atoms with Crippen molar-refractivity contribution in [1.29, 1.82) is 5.26 Å². The van der Waals surface area contributed by atoms with Gasteiger partial charge in [0.2, 0.25) is 0 Å². The molecule has 0 aliphatic carbocycles. The monoisotopic (exact) mass is 484 g/mol. The van der Waals surface area contributed by atoms with Crippen molar-refractivity contribution < 1.29 is 19.1 Å². The van der Waals surface area contributed by atoms with Gasteiger partial charge in [0.05, 0.1) is 28.4 Å². The van der Waals surface area contributed by atoms with E-state index in [-0.39, 0.29) is 29.1 Å². The van der Waals surface area contributed by atoms with E-state index in [4.69, 9.17) is 27.9 Å². The molecule has 0 radical (unpaired) electrons. The lowest BCUT2D eigenvalue weighted by atomic mass is 10.1. The van der Waals surface area contributed by atoms with Gasteiger partial charge in [-0.2, -0.15) is 5.26 Å². The standard InChI is InChI=1S/C23H18Cl2N4O4/c1-12-17(7-2-13(9-26)20(12)25)29-22(31)21-18-8-15(28(21)23(29)32)10-27(18)19(30)11-33-16-5-3-14(24)4-6-16/h2-7,15,18,21H,8,10-11H2,1H3/t15-,18?,21+/m1/s1. The van der Waals surface area contributed by atoms with E-state index in [1.165, 1.54) is 6.07 Å². The number of urea groups is 1. The predicted octanol–water partition coefficient (Wildman–Crippen LogP) is 3.37. The molecule has 10 heteroatoms. The quantitative estimate of drug-likeness (QED) is 0.620. The molecule has 2 bridgehead atoms. The molecular formula is C23H18Cl2N4O4. The average Bonchev–Trinajstić information content (AvgIpc) is 3.47. The normalized spacial score (nSPS) is 23.2. The molecule has 0 aromatic heterocycles. The van der Waals surface area contributed by atoms with Gasteiger partial charge in [0.25, 0.3) is 11.8 Å². The van der Waals surface area contributed by atoms with Crippen LogP contribution < -0.4 is 9.64 Å². The highest BCUT2D eigenvalue weighted by atomic mass is 35.5. The van der Waals surface area contributed by atoms with E-state index < -0.39 is 24.0 Å². The summed E-state index contributed by atoms with van der Waals surface area (Å²) >= 11 is 12.1. The van der Waals surface area contributed by atoms with E-state index in [0.29, 0.717) is 35.0 Å². The Morgan fingerprint density at radius 2 is 1.91 bits per heavy atom. The first-order valence-electron chi connectivity index (χ1n) is 10.3. The number of halogens is 2. The number of rotatable bonds is 4. The first-order chi connectivity index (χ1) is 15.8. The summed E-state index contributed by atoms with van der Waals surface area (Å²) in [4.78, 5) is 43.8. The summed E-state index contributed by atoms with van der Waals surface area (Å²) in [5, 5.41) is 9.96. The Balaban J connectivity index is 1.35. The van der Waals surface area contributed by atoms with Gasteiger partial charge in [-0.25, -0.2) is 9.69 Å². The minimum absolute atomic E-state index is 0.173. The molecule has 8 nitrogen and oxygen atoms in total. The summed E-state index contributed by atoms with van der Waals surface area (Å²) in [6, 6.07) is 9.92. The maximum Gasteiger partial charge on any atom is 0.332 e. The van der Waals surface area contributed by atoms with Crippen LogP contribution in [0.3, 0.4) is 0 Å². The first kappa shape index (κ1) is 21.6. The Morgan fingerprint density at radius 1 is 1.18 bits per heavy atom. The molecule has 0 spiro atoms. The molecule has 1 unspecified atom stereocenters. The van der Waals surface area contributed by atoms with Crippen molar-refractivity contribution in [2.45, 2.75) is 31.5 Å². The van der Waals surface area contributed by atoms with Gasteiger partial charge in [0.1, 0.15) is 17.9 Å². The molecule has 3 saturated heterocycles. The Hall–Kier alpha value is -3.28. The average molecular weight is 485 g/mol. The highest BCUT2D eigenvalue weighted by molar-refractivity contribution is 6.33. The summed E-state index contributed by atoms with van der Waals surface area (Å²) in [5.74, 6) is -0.119. The molecule has 4 amide bonds. The second kappa shape index (κ2) is 7.94. The predicted molar refractivity (Wildman–Crippen MR) is 120 cm³/mol. The molecule has 0 saturated carbocycles. The Labute approximate surface area is 199 Å². The van der Waals surface area contributed by atoms with Gasteiger partial charge in [0, 0.05) is 11.6 Å². The van der Waals surface area contributed by atoms with E-state index >= 15 is 0 Å². The van der Waals surface area contributed by atoms with Gasteiger partial charge in [-0.15, -0.1) is 0 Å². The Bertz CT molecular complexity index is 1230. The van der Waals surface area contributed by atoms with Crippen molar-refractivity contribution in [1.82, 2.24) is 9.80 Å². The van der Waals surface area contributed by atoms with Gasteiger partial charge in [-0.3, -0.25) is 9.59 Å². The van der Waals surface area contributed by atoms with Gasteiger partial charge in [0.15, 0.2) is 6.61 Å². The Morgan fingerprint density at radius 3 is 2.61 bits per heavy atom. The van der Waals surface area contributed by atoms with Crippen LogP contribution in [0, 0.1) is 18.3 Å². The highest BCUT2D eigenvalue weighted by Gasteiger charge is 2.63. The SMILES string of the molecule is Cc1c(N2C(=O)[C@@H]3C4C[C@H](CN4C(=O)COc4ccc(Cl)cc4)N3C2=O)ccc(C#N)c1Cl. The zero-order valence-electron chi connectivity index (χ0n) is 17.5. The molecule has 3 heterocycles. The van der Waals surface area contributed by atoms with E-state index in [0.717, 1.165) is 4.90 Å². The van der Waals surface area contributed by atoms with Crippen molar-refractivity contribution in [3.05, 3.63) is 57.6 Å². The van der Waals surface area contributed by atoms with E-state index in [2.05, 4.69) is 0 Å². The largest absolute Gasteiger partial charge is 0.484 e. The number of ether oxygens (including phenoxy) is 1. The minimum atomic E-state index is -0.746. The van der Waals surface area contributed by atoms with Crippen LogP contribution in [0.4, 0.5) is 10.5 Å². The molecule has 3 atom stereocenters. The summed E-state index contributed by atoms with van der Waals surface area (Å²) in [6.07, 6.45) is 0.551. The first-order valence-corrected chi connectivity index (χ1v) is 11.1. The summed E-state index contributed by atoms with van der Waals surface area (Å²) in [5.41, 5.74) is 1.11. The Kier molecular flexibility index (Phi) is 5.19. The number of fused-ring (bicyclic) bond motifs is 5. The van der Waals surface area contributed by atoms with Crippen LogP contribution in [-0.4, -0.2) is 58.9 Å². The highest BCUT2D eigenvalue weighted by Crippen LogP contribution is 2.43. The van der Waals surface area contributed by atoms with Crippen molar-refractivity contribution in [2.75, 3.05) is 18.1 Å². The number of carbonyl (C=O) groups excluding carboxylic acids is 3. The third-order valence-corrected chi connectivity index (χ3v) is 7.22. The molecule has 3 fully saturated rings. The van der Waals surface area contributed by atoms with E-state index in [1.54, 1.807) is 47.1 Å². The minimum Gasteiger partial charge on any atom is -0.484 e. The number of imide groups is 1. The van der Waals surface area contributed by atoms with Crippen molar-refractivity contribution in [3.8, 4) is 11.8 Å². The molecule has 3 aliphatic rings. The second-order valence-electron chi connectivity index (χ2n) is 8.24. The van der Waals surface area contributed by atoms with Gasteiger partial charge < -0.3 is 14.5 Å². The van der Waals surface area contributed by atoms with Gasteiger partial charge in [-0.1, -0.05) is 23.2 Å². The topological polar surface area (TPSA) is 94.0 Å². The lowest BCUT2D eigenvalue weighted by Crippen LogP contribution is -2.55. The fourth-order valence-corrected chi connectivity index (χ4v) is 5.26. The van der Waals surface area contributed by atoms with E-state index in [9.17, 15) is 19.6 Å². The summed E-state index contributed by atoms with van der Waals surface area (Å²) in [6.45, 7) is 1.85. The molecule has 5 rings (SSSR count). The van der Waals surface area contributed by atoms with Crippen LogP contribution in [0.5, 0.6) is 5.75 Å². The lowest BCUT2D eigenvalue weighted by Gasteiger charge is -2.34. The molecule has 2 aromatic carbocycles. The van der Waals surface area contributed by atoms with Gasteiger partial charge in [-0.05, 0) is 55.3 Å². The fourth-order valence-electron chi connectivity index (χ4n) is 4.93. The molecule has 3 aliphatic heterocycles. The van der Waals surface area contributed by atoms with Crippen molar-refractivity contribution in [2.24, 2.45) is 0 Å². The van der Waals surface area contributed by atoms with Crippen LogP contribution in [0.15, 0.2) is 36.4 Å². The van der Waals surface area contributed by atoms with Crippen molar-refractivity contribution in [3.63, 3.8) is 0 Å². The maximum atomic E-state index is 13.4. The van der Waals surface area contributed by atoms with Crippen LogP contribution in [0.1, 0.15) is 17.5 Å². The maximum absolute atomic E-state index is 13.4. The van der Waals surface area contributed by atoms with Gasteiger partial charge >= 0.3 is 6.03 Å². The molecule has 2 aromatic rings. The van der Waals surface area contributed by atoms with Crippen molar-refractivity contribution >= 4 is 46.7 Å². The van der Waals surface area contributed by atoms with Crippen LogP contribution >= 0.6 is 23.2 Å². The molecule has 168 valence electrons. The van der Waals surface area contributed by atoms with E-state index in [1.807, 2.05) is 6.07 Å². The molecule has 33 heavy (non-hydrogen) atoms. The van der Waals surface area contributed by atoms with Crippen LogP contribution in [0.25, 0.3) is 0 Å². The zero-order valence-corrected chi connectivity index (χ0v) is 19.0. The second-order valence-corrected chi connectivity index (χ2v) is 9.05.